The molecule has 0 fully saturated rings. The van der Waals surface area contributed by atoms with E-state index in [9.17, 15) is 17.6 Å². The smallest absolute Gasteiger partial charge is 0.387 e. The summed E-state index contributed by atoms with van der Waals surface area (Å²) in [5.41, 5.74) is 1.24. The van der Waals surface area contributed by atoms with E-state index in [1.807, 2.05) is 0 Å². The lowest BCUT2D eigenvalue weighted by Crippen LogP contribution is -2.36. The summed E-state index contributed by atoms with van der Waals surface area (Å²) in [6.45, 7) is -5.30. The Labute approximate surface area is 177 Å². The molecule has 2 rings (SSSR count). The van der Waals surface area contributed by atoms with Crippen LogP contribution in [0.2, 0.25) is 0 Å². The van der Waals surface area contributed by atoms with E-state index in [1.54, 1.807) is 37.4 Å². The maximum absolute atomic E-state index is 12.4. The lowest BCUT2D eigenvalue weighted by atomic mass is 10.2. The standard InChI is InChI=1S/C18H19F4N3O2.HI/c1-23-18(24-10-12-5-4-7-14(9-12)26-16(19)20)25-11-13-6-2-3-8-15(13)27-17(21)22;/h2-9,16-17H,10-11H2,1H3,(H2,23,24,25);1H. The minimum Gasteiger partial charge on any atom is -0.435 e. The van der Waals surface area contributed by atoms with Gasteiger partial charge in [-0.2, -0.15) is 17.6 Å². The van der Waals surface area contributed by atoms with Gasteiger partial charge >= 0.3 is 13.2 Å². The number of aliphatic imine (C=N–C) groups is 1. The van der Waals surface area contributed by atoms with Crippen molar-refractivity contribution in [3.05, 3.63) is 59.7 Å². The van der Waals surface area contributed by atoms with E-state index >= 15 is 0 Å². The first-order valence-corrected chi connectivity index (χ1v) is 7.99. The molecule has 0 saturated heterocycles. The molecule has 2 aromatic rings. The van der Waals surface area contributed by atoms with Crippen molar-refractivity contribution in [3.63, 3.8) is 0 Å². The molecule has 0 spiro atoms. The number of guanidine groups is 1. The van der Waals surface area contributed by atoms with Gasteiger partial charge in [-0.3, -0.25) is 4.99 Å². The molecule has 0 bridgehead atoms. The summed E-state index contributed by atoms with van der Waals surface area (Å²) >= 11 is 0. The highest BCUT2D eigenvalue weighted by molar-refractivity contribution is 14.0. The molecule has 0 radical (unpaired) electrons. The quantitative estimate of drug-likeness (QED) is 0.238. The van der Waals surface area contributed by atoms with Gasteiger partial charge in [0.2, 0.25) is 0 Å². The van der Waals surface area contributed by atoms with Crippen LogP contribution in [-0.2, 0) is 13.1 Å². The number of nitrogens with one attached hydrogen (secondary N) is 2. The molecule has 0 heterocycles. The van der Waals surface area contributed by atoms with E-state index in [1.165, 1.54) is 18.2 Å². The normalized spacial score (nSPS) is 11.2. The van der Waals surface area contributed by atoms with Gasteiger partial charge in [-0.25, -0.2) is 0 Å². The molecular weight excluding hydrogens is 493 g/mol. The summed E-state index contributed by atoms with van der Waals surface area (Å²) < 4.78 is 58.3. The number of benzene rings is 2. The minimum absolute atomic E-state index is 0. The van der Waals surface area contributed by atoms with E-state index in [4.69, 9.17) is 0 Å². The molecule has 0 unspecified atom stereocenters. The molecule has 0 saturated carbocycles. The third kappa shape index (κ3) is 8.19. The molecule has 0 aromatic heterocycles. The van der Waals surface area contributed by atoms with Gasteiger partial charge in [0.1, 0.15) is 11.5 Å². The Morgan fingerprint density at radius 2 is 1.61 bits per heavy atom. The minimum atomic E-state index is -2.91. The number of hydrogen-bond donors (Lipinski definition) is 2. The fourth-order valence-corrected chi connectivity index (χ4v) is 2.28. The highest BCUT2D eigenvalue weighted by Gasteiger charge is 2.10. The maximum atomic E-state index is 12.4. The van der Waals surface area contributed by atoms with Crippen LogP contribution in [0.15, 0.2) is 53.5 Å². The average molecular weight is 513 g/mol. The van der Waals surface area contributed by atoms with Crippen LogP contribution in [0.4, 0.5) is 17.6 Å². The first kappa shape index (κ1) is 23.8. The van der Waals surface area contributed by atoms with Crippen LogP contribution in [-0.4, -0.2) is 26.2 Å². The zero-order valence-electron chi connectivity index (χ0n) is 14.9. The molecule has 0 atom stereocenters. The molecule has 0 aliphatic rings. The summed E-state index contributed by atoms with van der Waals surface area (Å²) in [5.74, 6) is 0.541. The van der Waals surface area contributed by atoms with E-state index in [0.717, 1.165) is 0 Å². The highest BCUT2D eigenvalue weighted by atomic mass is 127. The van der Waals surface area contributed by atoms with Crippen LogP contribution < -0.4 is 20.1 Å². The second-order valence-corrected chi connectivity index (χ2v) is 5.29. The number of para-hydroxylation sites is 1. The van der Waals surface area contributed by atoms with Gasteiger partial charge in [-0.05, 0) is 23.8 Å². The predicted octanol–water partition coefficient (Wildman–Crippen LogP) is 4.37. The van der Waals surface area contributed by atoms with Crippen molar-refractivity contribution in [1.82, 2.24) is 10.6 Å². The third-order valence-corrected chi connectivity index (χ3v) is 3.44. The van der Waals surface area contributed by atoms with Gasteiger partial charge < -0.3 is 20.1 Å². The molecule has 28 heavy (non-hydrogen) atoms. The van der Waals surface area contributed by atoms with Crippen molar-refractivity contribution in [1.29, 1.82) is 0 Å². The van der Waals surface area contributed by atoms with Crippen LogP contribution >= 0.6 is 24.0 Å². The molecule has 0 amide bonds. The van der Waals surface area contributed by atoms with Crippen LogP contribution in [0.25, 0.3) is 0 Å². The molecule has 2 aromatic carbocycles. The summed E-state index contributed by atoms with van der Waals surface area (Å²) in [6.07, 6.45) is 0. The Morgan fingerprint density at radius 1 is 0.929 bits per heavy atom. The van der Waals surface area contributed by atoms with Crippen molar-refractivity contribution in [2.45, 2.75) is 26.3 Å². The lowest BCUT2D eigenvalue weighted by Gasteiger charge is -2.15. The first-order valence-electron chi connectivity index (χ1n) is 7.99. The zero-order chi connectivity index (χ0) is 19.6. The van der Waals surface area contributed by atoms with Crippen LogP contribution in [0, 0.1) is 0 Å². The van der Waals surface area contributed by atoms with Gasteiger partial charge in [-0.1, -0.05) is 30.3 Å². The fraction of sp³-hybridized carbons (Fsp3) is 0.278. The van der Waals surface area contributed by atoms with E-state index in [-0.39, 0.29) is 42.0 Å². The van der Waals surface area contributed by atoms with Gasteiger partial charge in [-0.15, -0.1) is 24.0 Å². The molecule has 2 N–H and O–H groups in total. The molecule has 0 aliphatic carbocycles. The Bertz CT molecular complexity index is 763. The Balaban J connectivity index is 0.00000392. The molecular formula is C18H20F4IN3O2. The van der Waals surface area contributed by atoms with Crippen molar-refractivity contribution >= 4 is 29.9 Å². The SMILES string of the molecule is CN=C(NCc1cccc(OC(F)F)c1)NCc1ccccc1OC(F)F.I. The number of alkyl halides is 4. The number of halogens is 5. The number of rotatable bonds is 8. The average Bonchev–Trinajstić information content (AvgIpc) is 2.62. The van der Waals surface area contributed by atoms with Crippen molar-refractivity contribution in [3.8, 4) is 11.5 Å². The second kappa shape index (κ2) is 12.3. The zero-order valence-corrected chi connectivity index (χ0v) is 17.2. The van der Waals surface area contributed by atoms with Gasteiger partial charge in [0.05, 0.1) is 0 Å². The van der Waals surface area contributed by atoms with Crippen LogP contribution in [0.3, 0.4) is 0 Å². The van der Waals surface area contributed by atoms with Crippen molar-refractivity contribution in [2.24, 2.45) is 4.99 Å². The first-order chi connectivity index (χ1) is 13.0. The van der Waals surface area contributed by atoms with Crippen molar-refractivity contribution < 1.29 is 27.0 Å². The van der Waals surface area contributed by atoms with E-state index in [2.05, 4.69) is 25.1 Å². The lowest BCUT2D eigenvalue weighted by molar-refractivity contribution is -0.0509. The summed E-state index contributed by atoms with van der Waals surface area (Å²) in [4.78, 5) is 4.03. The molecule has 10 heteroatoms. The highest BCUT2D eigenvalue weighted by Crippen LogP contribution is 2.20. The monoisotopic (exact) mass is 513 g/mol. The summed E-state index contributed by atoms with van der Waals surface area (Å²) in [5, 5.41) is 5.98. The van der Waals surface area contributed by atoms with Gasteiger partial charge in [0.15, 0.2) is 5.96 Å². The Morgan fingerprint density at radius 3 is 2.29 bits per heavy atom. The van der Waals surface area contributed by atoms with Crippen LogP contribution in [0.5, 0.6) is 11.5 Å². The Hall–Kier alpha value is -2.24. The van der Waals surface area contributed by atoms with Gasteiger partial charge in [0.25, 0.3) is 0 Å². The Kier molecular flexibility index (Phi) is 10.4. The fourth-order valence-electron chi connectivity index (χ4n) is 2.28. The van der Waals surface area contributed by atoms with Crippen LogP contribution in [0.1, 0.15) is 11.1 Å². The van der Waals surface area contributed by atoms with Crippen molar-refractivity contribution in [2.75, 3.05) is 7.05 Å². The summed E-state index contributed by atoms with van der Waals surface area (Å²) in [7, 11) is 1.55. The molecule has 5 nitrogen and oxygen atoms in total. The molecule has 0 aliphatic heterocycles. The molecule has 154 valence electrons. The van der Waals surface area contributed by atoms with E-state index in [0.29, 0.717) is 23.6 Å². The number of hydrogen-bond acceptors (Lipinski definition) is 3. The van der Waals surface area contributed by atoms with E-state index < -0.39 is 13.2 Å². The van der Waals surface area contributed by atoms with Gasteiger partial charge in [0, 0.05) is 25.7 Å². The largest absolute Gasteiger partial charge is 0.435 e. The number of ether oxygens (including phenoxy) is 2. The topological polar surface area (TPSA) is 54.9 Å². The maximum Gasteiger partial charge on any atom is 0.387 e. The number of nitrogens with zero attached hydrogens (tertiary/aromatic N) is 1. The third-order valence-electron chi connectivity index (χ3n) is 3.44. The predicted molar refractivity (Wildman–Crippen MR) is 109 cm³/mol. The second-order valence-electron chi connectivity index (χ2n) is 5.29. The summed E-state index contributed by atoms with van der Waals surface area (Å²) in [6, 6.07) is 12.7.